The quantitative estimate of drug-likeness (QED) is 0.756. The lowest BCUT2D eigenvalue weighted by Crippen LogP contribution is -2.28. The van der Waals surface area contributed by atoms with E-state index >= 15 is 0 Å². The number of nitrogens with one attached hydrogen (secondary N) is 1. The van der Waals surface area contributed by atoms with E-state index in [2.05, 4.69) is 26.3 Å². The maximum atomic E-state index is 5.62. The van der Waals surface area contributed by atoms with Gasteiger partial charge in [-0.2, -0.15) is 5.10 Å². The Morgan fingerprint density at radius 2 is 2.67 bits per heavy atom. The molecule has 1 aromatic rings. The lowest BCUT2D eigenvalue weighted by Gasteiger charge is -2.24. The number of fused-ring (bicyclic) bond motifs is 1. The van der Waals surface area contributed by atoms with Crippen LogP contribution in [0.15, 0.2) is 10.7 Å². The van der Waals surface area contributed by atoms with Gasteiger partial charge >= 0.3 is 0 Å². The highest BCUT2D eigenvalue weighted by Crippen LogP contribution is 2.28. The molecule has 1 aliphatic heterocycles. The number of hydrogen-bond acceptors (Lipinski definition) is 3. The highest BCUT2D eigenvalue weighted by atomic mass is 79.9. The molecule has 5 heteroatoms. The Balaban J connectivity index is 2.38. The SMILES string of the molecule is NCC1CCNc2c(Br)cnn21. The number of anilines is 1. The fourth-order valence-electron chi connectivity index (χ4n) is 1.48. The normalized spacial score (nSPS) is 21.7. The average Bonchev–Trinajstić information content (AvgIpc) is 2.48. The Bertz CT molecular complexity index is 283. The molecule has 0 amide bonds. The summed E-state index contributed by atoms with van der Waals surface area (Å²) in [5, 5.41) is 7.51. The molecule has 1 aromatic heterocycles. The molecule has 66 valence electrons. The number of halogens is 1. The Kier molecular flexibility index (Phi) is 2.06. The third-order valence-corrected chi connectivity index (χ3v) is 2.72. The monoisotopic (exact) mass is 230 g/mol. The van der Waals surface area contributed by atoms with Gasteiger partial charge in [-0.05, 0) is 22.4 Å². The third-order valence-electron chi connectivity index (χ3n) is 2.14. The second-order valence-corrected chi connectivity index (χ2v) is 3.74. The zero-order chi connectivity index (χ0) is 8.55. The molecule has 1 unspecified atom stereocenters. The van der Waals surface area contributed by atoms with Crippen molar-refractivity contribution >= 4 is 21.7 Å². The summed E-state index contributed by atoms with van der Waals surface area (Å²) < 4.78 is 2.97. The minimum absolute atomic E-state index is 0.354. The molecular formula is C7H11BrN4. The number of nitrogens with two attached hydrogens (primary N) is 1. The Labute approximate surface area is 79.2 Å². The van der Waals surface area contributed by atoms with Gasteiger partial charge in [0.1, 0.15) is 5.82 Å². The van der Waals surface area contributed by atoms with Crippen LogP contribution in [0, 0.1) is 0 Å². The van der Waals surface area contributed by atoms with Crippen LogP contribution in [0.1, 0.15) is 12.5 Å². The van der Waals surface area contributed by atoms with Crippen LogP contribution in [0.3, 0.4) is 0 Å². The van der Waals surface area contributed by atoms with Crippen LogP contribution in [0.25, 0.3) is 0 Å². The highest BCUT2D eigenvalue weighted by Gasteiger charge is 2.20. The molecule has 0 aromatic carbocycles. The number of aromatic nitrogens is 2. The predicted octanol–water partition coefficient (Wildman–Crippen LogP) is 0.961. The molecule has 1 aliphatic rings. The third kappa shape index (κ3) is 1.13. The number of nitrogens with zero attached hydrogens (tertiary/aromatic N) is 2. The Hall–Kier alpha value is -0.550. The van der Waals surface area contributed by atoms with Crippen LogP contribution in [0.4, 0.5) is 5.82 Å². The van der Waals surface area contributed by atoms with Gasteiger partial charge in [-0.15, -0.1) is 0 Å². The molecule has 4 nitrogen and oxygen atoms in total. The molecule has 2 heterocycles. The predicted molar refractivity (Wildman–Crippen MR) is 51.1 cm³/mol. The maximum absolute atomic E-state index is 5.62. The summed E-state index contributed by atoms with van der Waals surface area (Å²) in [6.07, 6.45) is 2.86. The summed E-state index contributed by atoms with van der Waals surface area (Å²) in [5.41, 5.74) is 5.62. The summed E-state index contributed by atoms with van der Waals surface area (Å²) in [6, 6.07) is 0.354. The standard InChI is InChI=1S/C7H11BrN4/c8-6-4-11-12-5(3-9)1-2-10-7(6)12/h4-5,10H,1-3,9H2. The molecule has 0 bridgehead atoms. The van der Waals surface area contributed by atoms with E-state index in [1.807, 2.05) is 4.68 Å². The van der Waals surface area contributed by atoms with Crippen molar-refractivity contribution in [2.24, 2.45) is 5.73 Å². The molecule has 1 atom stereocenters. The van der Waals surface area contributed by atoms with Gasteiger partial charge in [0.25, 0.3) is 0 Å². The summed E-state index contributed by atoms with van der Waals surface area (Å²) in [7, 11) is 0. The number of hydrogen-bond donors (Lipinski definition) is 2. The van der Waals surface area contributed by atoms with Crippen molar-refractivity contribution in [2.45, 2.75) is 12.5 Å². The van der Waals surface area contributed by atoms with Gasteiger partial charge in [0.05, 0.1) is 16.7 Å². The first-order valence-electron chi connectivity index (χ1n) is 4.00. The second kappa shape index (κ2) is 3.06. The van der Waals surface area contributed by atoms with Gasteiger partial charge < -0.3 is 11.1 Å². The molecule has 3 N–H and O–H groups in total. The van der Waals surface area contributed by atoms with Crippen molar-refractivity contribution in [3.63, 3.8) is 0 Å². The van der Waals surface area contributed by atoms with E-state index in [4.69, 9.17) is 5.73 Å². The van der Waals surface area contributed by atoms with Crippen LogP contribution in [0.5, 0.6) is 0 Å². The summed E-state index contributed by atoms with van der Waals surface area (Å²) in [5.74, 6) is 1.05. The summed E-state index contributed by atoms with van der Waals surface area (Å²) >= 11 is 3.42. The van der Waals surface area contributed by atoms with Gasteiger partial charge in [-0.1, -0.05) is 0 Å². The zero-order valence-corrected chi connectivity index (χ0v) is 8.21. The van der Waals surface area contributed by atoms with E-state index in [0.29, 0.717) is 12.6 Å². The summed E-state index contributed by atoms with van der Waals surface area (Å²) in [6.45, 7) is 1.63. The van der Waals surface area contributed by atoms with Crippen molar-refractivity contribution in [1.82, 2.24) is 9.78 Å². The van der Waals surface area contributed by atoms with Gasteiger partial charge in [0, 0.05) is 13.1 Å². The second-order valence-electron chi connectivity index (χ2n) is 2.89. The average molecular weight is 231 g/mol. The summed E-state index contributed by atoms with van der Waals surface area (Å²) in [4.78, 5) is 0. The van der Waals surface area contributed by atoms with Crippen LogP contribution in [-0.2, 0) is 0 Å². The van der Waals surface area contributed by atoms with E-state index in [9.17, 15) is 0 Å². The van der Waals surface area contributed by atoms with Crippen LogP contribution in [0.2, 0.25) is 0 Å². The molecule has 2 rings (SSSR count). The van der Waals surface area contributed by atoms with Crippen LogP contribution < -0.4 is 11.1 Å². The van der Waals surface area contributed by atoms with Gasteiger partial charge in [0.2, 0.25) is 0 Å². The Morgan fingerprint density at radius 3 is 3.42 bits per heavy atom. The van der Waals surface area contributed by atoms with Gasteiger partial charge in [0.15, 0.2) is 0 Å². The lowest BCUT2D eigenvalue weighted by molar-refractivity contribution is 0.427. The van der Waals surface area contributed by atoms with E-state index in [0.717, 1.165) is 23.3 Å². The lowest BCUT2D eigenvalue weighted by atomic mass is 10.2. The van der Waals surface area contributed by atoms with E-state index in [-0.39, 0.29) is 0 Å². The van der Waals surface area contributed by atoms with Gasteiger partial charge in [-0.3, -0.25) is 0 Å². The molecule has 0 fully saturated rings. The van der Waals surface area contributed by atoms with Crippen molar-refractivity contribution in [1.29, 1.82) is 0 Å². The van der Waals surface area contributed by atoms with E-state index in [1.54, 1.807) is 6.20 Å². The van der Waals surface area contributed by atoms with E-state index < -0.39 is 0 Å². The Morgan fingerprint density at radius 1 is 1.83 bits per heavy atom. The van der Waals surface area contributed by atoms with Crippen molar-refractivity contribution in [3.05, 3.63) is 10.7 Å². The molecule has 0 spiro atoms. The highest BCUT2D eigenvalue weighted by molar-refractivity contribution is 9.10. The molecule has 0 radical (unpaired) electrons. The zero-order valence-electron chi connectivity index (χ0n) is 6.63. The molecule has 0 saturated carbocycles. The molecule has 12 heavy (non-hydrogen) atoms. The van der Waals surface area contributed by atoms with Crippen molar-refractivity contribution < 1.29 is 0 Å². The fourth-order valence-corrected chi connectivity index (χ4v) is 1.89. The molecule has 0 saturated heterocycles. The minimum atomic E-state index is 0.354. The largest absolute Gasteiger partial charge is 0.369 e. The van der Waals surface area contributed by atoms with Gasteiger partial charge in [-0.25, -0.2) is 4.68 Å². The first kappa shape index (κ1) is 8.07. The number of rotatable bonds is 1. The fraction of sp³-hybridized carbons (Fsp3) is 0.571. The van der Waals surface area contributed by atoms with Crippen LogP contribution >= 0.6 is 15.9 Å². The van der Waals surface area contributed by atoms with E-state index in [1.165, 1.54) is 0 Å². The maximum Gasteiger partial charge on any atom is 0.139 e. The van der Waals surface area contributed by atoms with Crippen molar-refractivity contribution in [3.8, 4) is 0 Å². The first-order chi connectivity index (χ1) is 5.83. The van der Waals surface area contributed by atoms with Crippen LogP contribution in [-0.4, -0.2) is 22.9 Å². The first-order valence-corrected chi connectivity index (χ1v) is 4.79. The molecular weight excluding hydrogens is 220 g/mol. The van der Waals surface area contributed by atoms with Crippen molar-refractivity contribution in [2.75, 3.05) is 18.4 Å². The minimum Gasteiger partial charge on any atom is -0.369 e. The smallest absolute Gasteiger partial charge is 0.139 e. The molecule has 0 aliphatic carbocycles. The topological polar surface area (TPSA) is 55.9 Å².